The van der Waals surface area contributed by atoms with Gasteiger partial charge in [0.2, 0.25) is 11.5 Å². The zero-order valence-electron chi connectivity index (χ0n) is 33.7. The summed E-state index contributed by atoms with van der Waals surface area (Å²) in [6.45, 7) is 12.3. The fraction of sp³-hybridized carbons (Fsp3) is 0.425. The van der Waals surface area contributed by atoms with Crippen molar-refractivity contribution in [3.05, 3.63) is 94.3 Å². The fourth-order valence-electron chi connectivity index (χ4n) is 5.74. The first kappa shape index (κ1) is 42.2. The Kier molecular flexibility index (Phi) is 12.3. The van der Waals surface area contributed by atoms with Crippen LogP contribution in [0.1, 0.15) is 88.7 Å². The summed E-state index contributed by atoms with van der Waals surface area (Å²) in [6, 6.07) is 16.9. The summed E-state index contributed by atoms with van der Waals surface area (Å²) in [7, 11) is 0. The number of hydrogen-bond donors (Lipinski definition) is 4. The quantitative estimate of drug-likeness (QED) is 0.0447. The van der Waals surface area contributed by atoms with Crippen molar-refractivity contribution in [2.75, 3.05) is 5.32 Å². The highest BCUT2D eigenvalue weighted by Crippen LogP contribution is 2.43. The number of benzene rings is 2. The monoisotopic (exact) mass is 829 g/mol. The van der Waals surface area contributed by atoms with Crippen LogP contribution in [0.3, 0.4) is 0 Å². The zero-order chi connectivity index (χ0) is 42.5. The lowest BCUT2D eigenvalue weighted by Gasteiger charge is -2.36. The second kappa shape index (κ2) is 17.2. The molecule has 2 aromatic carbocycles. The number of carbonyl (C=O) groups excluding carboxylic acids is 5. The van der Waals surface area contributed by atoms with Crippen molar-refractivity contribution < 1.29 is 43.0 Å². The van der Waals surface area contributed by atoms with Crippen LogP contribution in [-0.2, 0) is 46.5 Å². The fourth-order valence-corrected chi connectivity index (χ4v) is 6.42. The third-order valence-corrected chi connectivity index (χ3v) is 9.52. The minimum absolute atomic E-state index is 0.00282. The Bertz CT molecular complexity index is 2170. The van der Waals surface area contributed by atoms with Gasteiger partial charge in [-0.15, -0.1) is 11.3 Å². The maximum Gasteiger partial charge on any atom is 0.413 e. The highest BCUT2D eigenvalue weighted by atomic mass is 32.1. The van der Waals surface area contributed by atoms with Gasteiger partial charge < -0.3 is 35.0 Å². The minimum atomic E-state index is -1.49. The van der Waals surface area contributed by atoms with Crippen molar-refractivity contribution in [3.8, 4) is 0 Å². The molecule has 2 atom stereocenters. The van der Waals surface area contributed by atoms with E-state index in [-0.39, 0.29) is 42.5 Å². The van der Waals surface area contributed by atoms with E-state index in [0.717, 1.165) is 22.5 Å². The van der Waals surface area contributed by atoms with Gasteiger partial charge in [0.15, 0.2) is 16.9 Å². The van der Waals surface area contributed by atoms with Crippen LogP contribution in [0.4, 0.5) is 14.7 Å². The van der Waals surface area contributed by atoms with Gasteiger partial charge in [0.1, 0.15) is 28.6 Å². The largest absolute Gasteiger partial charge is 0.450 e. The van der Waals surface area contributed by atoms with Crippen LogP contribution in [-0.4, -0.2) is 84.5 Å². The lowest BCUT2D eigenvalue weighted by molar-refractivity contribution is -0.164. The number of alkyl carbamates (subject to hydrolysis) is 1. The van der Waals surface area contributed by atoms with Gasteiger partial charge in [0.25, 0.3) is 5.91 Å². The number of aromatic nitrogens is 4. The summed E-state index contributed by atoms with van der Waals surface area (Å²) in [5.41, 5.74) is -0.767. The summed E-state index contributed by atoms with van der Waals surface area (Å²) in [6.07, 6.45) is -1.58. The zero-order valence-corrected chi connectivity index (χ0v) is 34.5. The molecule has 3 heterocycles. The van der Waals surface area contributed by atoms with E-state index in [1.165, 1.54) is 10.2 Å². The molecule has 6 rings (SSSR count). The van der Waals surface area contributed by atoms with E-state index in [0.29, 0.717) is 11.4 Å². The first-order valence-corrected chi connectivity index (χ1v) is 19.8. The SMILES string of the molecule is Cc1nn(C[C@@H]2NC(=O)[C@H]2NC(=O)C(=NOC2(C(=O)OC(c3ccccc3)c3ccccc3)CC2)c2csc(NC(=O)OC(C)(C)C)n2)nc1CNC(=O)OC(C)(C)C. The molecule has 4 amide bonds. The van der Waals surface area contributed by atoms with Crippen LogP contribution in [0.25, 0.3) is 0 Å². The van der Waals surface area contributed by atoms with Crippen LogP contribution < -0.4 is 21.3 Å². The molecule has 1 aliphatic carbocycles. The molecule has 0 spiro atoms. The molecule has 2 aliphatic rings. The number of esters is 1. The summed E-state index contributed by atoms with van der Waals surface area (Å²) in [4.78, 5) is 76.9. The van der Waals surface area contributed by atoms with E-state index < -0.39 is 65.0 Å². The number of β-lactam (4-membered cyclic amide) rings is 1. The normalized spacial score (nSPS) is 17.2. The second-order valence-electron chi connectivity index (χ2n) is 16.0. The van der Waals surface area contributed by atoms with Gasteiger partial charge in [-0.1, -0.05) is 65.8 Å². The topological polar surface area (TPSA) is 226 Å². The highest BCUT2D eigenvalue weighted by Gasteiger charge is 2.56. The van der Waals surface area contributed by atoms with E-state index in [2.05, 4.69) is 41.6 Å². The Labute approximate surface area is 344 Å². The summed E-state index contributed by atoms with van der Waals surface area (Å²) >= 11 is 0.998. The average molecular weight is 830 g/mol. The molecule has 0 bridgehead atoms. The first-order chi connectivity index (χ1) is 27.9. The van der Waals surface area contributed by atoms with Crippen molar-refractivity contribution in [2.45, 2.75) is 109 Å². The number of hydrogen-bond acceptors (Lipinski definition) is 14. The number of thiazole rings is 1. The number of oxime groups is 1. The number of rotatable bonds is 14. The van der Waals surface area contributed by atoms with E-state index in [1.54, 1.807) is 48.5 Å². The van der Waals surface area contributed by atoms with Crippen LogP contribution in [0.5, 0.6) is 0 Å². The van der Waals surface area contributed by atoms with E-state index in [9.17, 15) is 24.0 Å². The molecule has 18 nitrogen and oxygen atoms in total. The standard InChI is InChI=1S/C40H47N9O9S/c1-23-26(20-41-36(53)56-38(2,3)4)47-49(46-23)21-27-29(32(50)42-27)44-33(51)30(28-22-59-35(43-28)45-37(54)57-39(5,6)7)48-58-40(18-19-40)34(52)55-31(24-14-10-8-11-15-24)25-16-12-9-13-17-25/h8-17,22,27,29,31H,18-21H2,1-7H3,(H,41,53)(H,42,50)(H,44,51)(H,43,45,54)/t27-,29-/m0/s1. The third kappa shape index (κ3) is 11.2. The van der Waals surface area contributed by atoms with Crippen molar-refractivity contribution in [1.29, 1.82) is 0 Å². The second-order valence-corrected chi connectivity index (χ2v) is 16.9. The first-order valence-electron chi connectivity index (χ1n) is 18.9. The summed E-state index contributed by atoms with van der Waals surface area (Å²) in [5, 5.41) is 25.2. The van der Waals surface area contributed by atoms with E-state index in [1.807, 2.05) is 60.7 Å². The summed E-state index contributed by atoms with van der Waals surface area (Å²) < 4.78 is 16.7. The van der Waals surface area contributed by atoms with Crippen LogP contribution in [0.2, 0.25) is 0 Å². The summed E-state index contributed by atoms with van der Waals surface area (Å²) in [5.74, 6) is -1.99. The van der Waals surface area contributed by atoms with Gasteiger partial charge in [0, 0.05) is 18.2 Å². The van der Waals surface area contributed by atoms with Gasteiger partial charge >= 0.3 is 18.2 Å². The Hall–Kier alpha value is -6.37. The molecule has 1 saturated heterocycles. The molecule has 1 saturated carbocycles. The highest BCUT2D eigenvalue weighted by molar-refractivity contribution is 7.14. The van der Waals surface area contributed by atoms with Crippen LogP contribution in [0, 0.1) is 6.92 Å². The molecule has 2 aromatic heterocycles. The molecule has 0 radical (unpaired) electrons. The van der Waals surface area contributed by atoms with Crippen molar-refractivity contribution in [1.82, 2.24) is 35.9 Å². The number of ether oxygens (including phenoxy) is 3. The van der Waals surface area contributed by atoms with Gasteiger partial charge in [0.05, 0.1) is 24.8 Å². The number of aryl methyl sites for hydroxylation is 1. The van der Waals surface area contributed by atoms with E-state index >= 15 is 0 Å². The van der Waals surface area contributed by atoms with Gasteiger partial charge in [-0.05, 0) is 59.6 Å². The number of carbonyl (C=O) groups is 5. The van der Waals surface area contributed by atoms with Crippen LogP contribution >= 0.6 is 11.3 Å². The smallest absolute Gasteiger partial charge is 0.413 e. The molecule has 0 unspecified atom stereocenters. The van der Waals surface area contributed by atoms with Crippen molar-refractivity contribution in [2.24, 2.45) is 5.16 Å². The Morgan fingerprint density at radius 2 is 1.54 bits per heavy atom. The van der Waals surface area contributed by atoms with Gasteiger partial charge in [-0.3, -0.25) is 14.9 Å². The van der Waals surface area contributed by atoms with Crippen molar-refractivity contribution >= 4 is 52.2 Å². The maximum absolute atomic E-state index is 14.0. The predicted octanol–water partition coefficient (Wildman–Crippen LogP) is 4.68. The molecular weight excluding hydrogens is 783 g/mol. The maximum atomic E-state index is 14.0. The molecule has 1 aliphatic heterocycles. The minimum Gasteiger partial charge on any atom is -0.450 e. The van der Waals surface area contributed by atoms with Crippen LogP contribution in [0.15, 0.2) is 71.2 Å². The number of amides is 4. The predicted molar refractivity (Wildman–Crippen MR) is 214 cm³/mol. The number of anilines is 1. The Morgan fingerprint density at radius 1 is 0.932 bits per heavy atom. The number of nitrogens with one attached hydrogen (secondary N) is 4. The number of nitrogens with zero attached hydrogens (tertiary/aromatic N) is 5. The van der Waals surface area contributed by atoms with Gasteiger partial charge in [-0.25, -0.2) is 19.4 Å². The lowest BCUT2D eigenvalue weighted by Crippen LogP contribution is -2.70. The van der Waals surface area contributed by atoms with Crippen molar-refractivity contribution in [3.63, 3.8) is 0 Å². The lowest BCUT2D eigenvalue weighted by atomic mass is 9.98. The molecule has 4 N–H and O–H groups in total. The molecule has 2 fully saturated rings. The van der Waals surface area contributed by atoms with Gasteiger partial charge in [-0.2, -0.15) is 15.0 Å². The third-order valence-electron chi connectivity index (χ3n) is 8.76. The van der Waals surface area contributed by atoms with E-state index in [4.69, 9.17) is 19.0 Å². The molecule has 4 aromatic rings. The Balaban J connectivity index is 1.19. The molecular formula is C40H47N9O9S. The molecule has 19 heteroatoms. The average Bonchev–Trinajstić information content (AvgIpc) is 3.69. The Morgan fingerprint density at radius 3 is 2.12 bits per heavy atom. The molecule has 59 heavy (non-hydrogen) atoms. The molecule has 312 valence electrons.